The quantitative estimate of drug-likeness (QED) is 0.651. The average Bonchev–Trinajstić information content (AvgIpc) is 2.38. The molecule has 2 rings (SSSR count). The van der Waals surface area contributed by atoms with E-state index in [1.54, 1.807) is 0 Å². The Bertz CT molecular complexity index is 649. The first kappa shape index (κ1) is 12.6. The highest BCUT2D eigenvalue weighted by molar-refractivity contribution is 5.98. The number of phenols is 1. The van der Waals surface area contributed by atoms with E-state index in [2.05, 4.69) is 0 Å². The topological polar surface area (TPSA) is 101 Å². The summed E-state index contributed by atoms with van der Waals surface area (Å²) in [6.45, 7) is 0. The monoisotopic (exact) mass is 259 g/mol. The minimum atomic E-state index is -1.26. The summed E-state index contributed by atoms with van der Waals surface area (Å²) in [5.74, 6) is -1.60. The minimum absolute atomic E-state index is 0.0826. The van der Waals surface area contributed by atoms with E-state index < -0.39 is 10.9 Å². The predicted molar refractivity (Wildman–Crippen MR) is 67.2 cm³/mol. The highest BCUT2D eigenvalue weighted by Crippen LogP contribution is 2.30. The number of nitrogens with zero attached hydrogens (tertiary/aromatic N) is 1. The number of hydrogen-bond acceptors (Lipinski definition) is 4. The molecule has 0 bridgehead atoms. The number of nitro benzene ring substituents is 1. The van der Waals surface area contributed by atoms with Crippen molar-refractivity contribution in [2.24, 2.45) is 0 Å². The number of benzene rings is 2. The van der Waals surface area contributed by atoms with E-state index in [-0.39, 0.29) is 17.0 Å². The van der Waals surface area contributed by atoms with Gasteiger partial charge in [-0.05, 0) is 29.3 Å². The van der Waals surface area contributed by atoms with Gasteiger partial charge in [0, 0.05) is 12.1 Å². The molecule has 0 aliphatic carbocycles. The highest BCUT2D eigenvalue weighted by Gasteiger charge is 2.16. The van der Waals surface area contributed by atoms with Crippen molar-refractivity contribution in [3.8, 4) is 16.9 Å². The van der Waals surface area contributed by atoms with Gasteiger partial charge in [-0.3, -0.25) is 10.1 Å². The predicted octanol–water partition coefficient (Wildman–Crippen LogP) is 2.67. The molecule has 0 aromatic heterocycles. The molecule has 2 aromatic carbocycles. The van der Waals surface area contributed by atoms with Crippen LogP contribution in [0.1, 0.15) is 10.4 Å². The van der Waals surface area contributed by atoms with Crippen LogP contribution < -0.4 is 0 Å². The summed E-state index contributed by atoms with van der Waals surface area (Å²) in [4.78, 5) is 21.1. The zero-order valence-corrected chi connectivity index (χ0v) is 9.61. The molecule has 0 heterocycles. The summed E-state index contributed by atoms with van der Waals surface area (Å²) >= 11 is 0. The van der Waals surface area contributed by atoms with E-state index in [9.17, 15) is 20.0 Å². The number of carbonyl (C=O) groups is 1. The molecule has 19 heavy (non-hydrogen) atoms. The molecule has 96 valence electrons. The van der Waals surface area contributed by atoms with Crippen LogP contribution >= 0.6 is 0 Å². The molecule has 0 fully saturated rings. The number of non-ortho nitro benzene ring substituents is 1. The Balaban J connectivity index is 2.56. The third kappa shape index (κ3) is 2.37. The molecule has 0 spiro atoms. The molecule has 0 saturated heterocycles. The SMILES string of the molecule is O=C(O)c1c(O)cccc1-c1ccc([N+](=O)[O-])cc1. The number of carboxylic acids is 1. The Morgan fingerprint density at radius 1 is 1.11 bits per heavy atom. The largest absolute Gasteiger partial charge is 0.507 e. The highest BCUT2D eigenvalue weighted by atomic mass is 16.6. The molecule has 0 atom stereocenters. The first-order valence-electron chi connectivity index (χ1n) is 5.31. The lowest BCUT2D eigenvalue weighted by Crippen LogP contribution is -2.00. The first-order chi connectivity index (χ1) is 9.00. The van der Waals surface area contributed by atoms with Gasteiger partial charge in [-0.2, -0.15) is 0 Å². The Hall–Kier alpha value is -2.89. The van der Waals surface area contributed by atoms with Crippen LogP contribution in [0.15, 0.2) is 42.5 Å². The third-order valence-corrected chi connectivity index (χ3v) is 2.65. The molecule has 0 amide bonds. The van der Waals surface area contributed by atoms with Gasteiger partial charge in [0.05, 0.1) is 4.92 Å². The van der Waals surface area contributed by atoms with Crippen LogP contribution in [0.2, 0.25) is 0 Å². The van der Waals surface area contributed by atoms with E-state index in [1.807, 2.05) is 0 Å². The second kappa shape index (κ2) is 4.77. The lowest BCUT2D eigenvalue weighted by molar-refractivity contribution is -0.384. The van der Waals surface area contributed by atoms with Gasteiger partial charge in [0.2, 0.25) is 0 Å². The van der Waals surface area contributed by atoms with Crippen molar-refractivity contribution >= 4 is 11.7 Å². The standard InChI is InChI=1S/C13H9NO5/c15-11-3-1-2-10(12(11)13(16)17)8-4-6-9(7-5-8)14(18)19/h1-7,15H,(H,16,17). The van der Waals surface area contributed by atoms with Crippen molar-refractivity contribution in [3.63, 3.8) is 0 Å². The fourth-order valence-corrected chi connectivity index (χ4v) is 1.77. The van der Waals surface area contributed by atoms with Crippen molar-refractivity contribution < 1.29 is 19.9 Å². The summed E-state index contributed by atoms with van der Waals surface area (Å²) < 4.78 is 0. The van der Waals surface area contributed by atoms with Gasteiger partial charge in [-0.1, -0.05) is 12.1 Å². The van der Waals surface area contributed by atoms with Gasteiger partial charge in [-0.25, -0.2) is 4.79 Å². The lowest BCUT2D eigenvalue weighted by atomic mass is 9.99. The fourth-order valence-electron chi connectivity index (χ4n) is 1.77. The molecule has 0 aliphatic heterocycles. The van der Waals surface area contributed by atoms with Crippen LogP contribution in [0, 0.1) is 10.1 Å². The van der Waals surface area contributed by atoms with Crippen LogP contribution in [-0.2, 0) is 0 Å². The number of rotatable bonds is 3. The van der Waals surface area contributed by atoms with Crippen LogP contribution in [0.5, 0.6) is 5.75 Å². The van der Waals surface area contributed by atoms with Gasteiger partial charge in [0.1, 0.15) is 11.3 Å². The number of hydrogen-bond donors (Lipinski definition) is 2. The zero-order valence-electron chi connectivity index (χ0n) is 9.61. The number of aromatic carboxylic acids is 1. The summed E-state index contributed by atoms with van der Waals surface area (Å²) in [7, 11) is 0. The molecule has 0 radical (unpaired) electrons. The number of carboxylic acid groups (broad SMARTS) is 1. The van der Waals surface area contributed by atoms with Gasteiger partial charge in [0.15, 0.2) is 0 Å². The molecule has 2 N–H and O–H groups in total. The maximum absolute atomic E-state index is 11.1. The molecule has 6 nitrogen and oxygen atoms in total. The molecule has 2 aromatic rings. The Kier molecular flexibility index (Phi) is 3.15. The molecular formula is C13H9NO5. The Morgan fingerprint density at radius 2 is 1.74 bits per heavy atom. The number of nitro groups is 1. The fraction of sp³-hybridized carbons (Fsp3) is 0. The van der Waals surface area contributed by atoms with Gasteiger partial charge >= 0.3 is 5.97 Å². The second-order valence-electron chi connectivity index (χ2n) is 3.81. The van der Waals surface area contributed by atoms with E-state index >= 15 is 0 Å². The molecule has 0 aliphatic rings. The van der Waals surface area contributed by atoms with Crippen LogP contribution in [0.3, 0.4) is 0 Å². The second-order valence-corrected chi connectivity index (χ2v) is 3.81. The number of aromatic hydroxyl groups is 1. The molecule has 6 heteroatoms. The summed E-state index contributed by atoms with van der Waals surface area (Å²) in [5, 5.41) is 29.2. The maximum Gasteiger partial charge on any atom is 0.340 e. The summed E-state index contributed by atoms with van der Waals surface area (Å²) in [6, 6.07) is 9.77. The molecule has 0 unspecified atom stereocenters. The maximum atomic E-state index is 11.1. The first-order valence-corrected chi connectivity index (χ1v) is 5.31. The van der Waals surface area contributed by atoms with Crippen molar-refractivity contribution in [2.75, 3.05) is 0 Å². The van der Waals surface area contributed by atoms with E-state index in [0.717, 1.165) is 0 Å². The summed E-state index contributed by atoms with van der Waals surface area (Å²) in [6.07, 6.45) is 0. The average molecular weight is 259 g/mol. The van der Waals surface area contributed by atoms with E-state index in [1.165, 1.54) is 42.5 Å². The van der Waals surface area contributed by atoms with Crippen LogP contribution in [0.25, 0.3) is 11.1 Å². The van der Waals surface area contributed by atoms with Crippen molar-refractivity contribution in [2.45, 2.75) is 0 Å². The van der Waals surface area contributed by atoms with Gasteiger partial charge < -0.3 is 10.2 Å². The van der Waals surface area contributed by atoms with Gasteiger partial charge in [-0.15, -0.1) is 0 Å². The molecule has 0 saturated carbocycles. The van der Waals surface area contributed by atoms with Crippen LogP contribution in [-0.4, -0.2) is 21.1 Å². The van der Waals surface area contributed by atoms with Crippen molar-refractivity contribution in [1.82, 2.24) is 0 Å². The Labute approximate surface area is 107 Å². The minimum Gasteiger partial charge on any atom is -0.507 e. The smallest absolute Gasteiger partial charge is 0.340 e. The van der Waals surface area contributed by atoms with E-state index in [0.29, 0.717) is 11.1 Å². The lowest BCUT2D eigenvalue weighted by Gasteiger charge is -2.07. The van der Waals surface area contributed by atoms with Crippen LogP contribution in [0.4, 0.5) is 5.69 Å². The van der Waals surface area contributed by atoms with E-state index in [4.69, 9.17) is 5.11 Å². The molecular weight excluding hydrogens is 250 g/mol. The van der Waals surface area contributed by atoms with Gasteiger partial charge in [0.25, 0.3) is 5.69 Å². The zero-order chi connectivity index (χ0) is 14.0. The van der Waals surface area contributed by atoms with Crippen molar-refractivity contribution in [1.29, 1.82) is 0 Å². The van der Waals surface area contributed by atoms with Crippen molar-refractivity contribution in [3.05, 3.63) is 58.1 Å². The Morgan fingerprint density at radius 3 is 2.26 bits per heavy atom. The summed E-state index contributed by atoms with van der Waals surface area (Å²) in [5.41, 5.74) is 0.485. The normalized spacial score (nSPS) is 10.1. The third-order valence-electron chi connectivity index (χ3n) is 2.65.